The van der Waals surface area contributed by atoms with Crippen LogP contribution >= 0.6 is 0 Å². The molecule has 0 aliphatic carbocycles. The number of likely N-dealkylation sites (N-methyl/N-ethyl adjacent to an activating group) is 1. The van der Waals surface area contributed by atoms with E-state index in [2.05, 4.69) is 31.1 Å². The summed E-state index contributed by atoms with van der Waals surface area (Å²) in [5.41, 5.74) is 0.466. The van der Waals surface area contributed by atoms with Crippen molar-refractivity contribution in [3.63, 3.8) is 0 Å². The zero-order chi connectivity index (χ0) is 23.5. The third kappa shape index (κ3) is 15.0. The Hall–Kier alpha value is -1.89. The molecule has 2 amide bonds. The van der Waals surface area contributed by atoms with Gasteiger partial charge < -0.3 is 19.9 Å². The number of carbonyl (C=O) groups excluding carboxylic acids is 3. The first-order chi connectivity index (χ1) is 14.2. The molecule has 1 aliphatic heterocycles. The number of nitrogens with zero attached hydrogens (tertiary/aromatic N) is 2. The number of rotatable bonds is 8. The number of likely N-dealkylation sites (tertiary alicyclic amines) is 1. The van der Waals surface area contributed by atoms with Gasteiger partial charge in [0.1, 0.15) is 0 Å². The van der Waals surface area contributed by atoms with Gasteiger partial charge in [-0.3, -0.25) is 9.59 Å². The minimum atomic E-state index is -0.384. The van der Waals surface area contributed by atoms with Gasteiger partial charge in [-0.15, -0.1) is 0 Å². The van der Waals surface area contributed by atoms with Gasteiger partial charge in [-0.25, -0.2) is 4.79 Å². The average molecular weight is 428 g/mol. The van der Waals surface area contributed by atoms with Crippen LogP contribution in [-0.4, -0.2) is 74.5 Å². The fourth-order valence-corrected chi connectivity index (χ4v) is 2.79. The fraction of sp³-hybridized carbons (Fsp3) is 0.783. The van der Waals surface area contributed by atoms with Crippen molar-refractivity contribution in [2.45, 2.75) is 73.3 Å². The van der Waals surface area contributed by atoms with Gasteiger partial charge in [0.2, 0.25) is 12.3 Å². The molecule has 1 heterocycles. The molecule has 1 rings (SSSR count). The predicted molar refractivity (Wildman–Crippen MR) is 123 cm³/mol. The predicted octanol–water partition coefficient (Wildman–Crippen LogP) is 3.24. The van der Waals surface area contributed by atoms with E-state index in [-0.39, 0.29) is 30.4 Å². The maximum absolute atomic E-state index is 11.9. The van der Waals surface area contributed by atoms with E-state index in [0.29, 0.717) is 18.6 Å². The SMILES string of the molecule is CCC.CCOC(=O)/C(C)=C/[C@H](C(C)C)N(C)C(=O)CNC=O.CN1CCCCC1. The Morgan fingerprint density at radius 2 is 1.67 bits per heavy atom. The Labute approximate surface area is 184 Å². The zero-order valence-corrected chi connectivity index (χ0v) is 20.5. The Kier molecular flexibility index (Phi) is 19.3. The van der Waals surface area contributed by atoms with Crippen LogP contribution in [0.4, 0.5) is 0 Å². The standard InChI is InChI=1S/C14H24N2O4.C6H13N.C3H8/c1-6-20-14(19)11(4)7-12(10(2)3)16(5)13(18)8-15-9-17;1-7-5-3-2-4-6-7;1-3-2/h7,9-10,12H,6,8H2,1-5H3,(H,15,17);2-6H2,1H3;3H2,1-2H3/b11-7+;;/t12-;;/m1../s1. The van der Waals surface area contributed by atoms with Crippen molar-refractivity contribution >= 4 is 18.3 Å². The first kappa shape index (κ1) is 30.3. The van der Waals surface area contributed by atoms with E-state index in [9.17, 15) is 14.4 Å². The van der Waals surface area contributed by atoms with Crippen LogP contribution in [0.25, 0.3) is 0 Å². The lowest BCUT2D eigenvalue weighted by molar-refractivity contribution is -0.138. The molecule has 0 unspecified atom stereocenters. The maximum Gasteiger partial charge on any atom is 0.333 e. The van der Waals surface area contributed by atoms with E-state index in [1.807, 2.05) is 13.8 Å². The lowest BCUT2D eigenvalue weighted by Crippen LogP contribution is -2.43. The van der Waals surface area contributed by atoms with Crippen molar-refractivity contribution in [1.82, 2.24) is 15.1 Å². The first-order valence-corrected chi connectivity index (χ1v) is 11.1. The molecule has 1 saturated heterocycles. The number of hydrogen-bond acceptors (Lipinski definition) is 5. The second kappa shape index (κ2) is 19.1. The molecule has 0 aromatic carbocycles. The second-order valence-electron chi connectivity index (χ2n) is 7.88. The largest absolute Gasteiger partial charge is 0.463 e. The van der Waals surface area contributed by atoms with Crippen molar-refractivity contribution in [3.05, 3.63) is 11.6 Å². The van der Waals surface area contributed by atoms with Crippen LogP contribution in [-0.2, 0) is 19.1 Å². The summed E-state index contributed by atoms with van der Waals surface area (Å²) in [6, 6.07) is -0.236. The van der Waals surface area contributed by atoms with Gasteiger partial charge in [0.25, 0.3) is 0 Å². The third-order valence-electron chi connectivity index (χ3n) is 4.46. The molecule has 7 nitrogen and oxygen atoms in total. The van der Waals surface area contributed by atoms with Gasteiger partial charge in [-0.05, 0) is 52.7 Å². The summed E-state index contributed by atoms with van der Waals surface area (Å²) in [6.07, 6.45) is 7.73. The lowest BCUT2D eigenvalue weighted by atomic mass is 10.00. The molecule has 1 aliphatic rings. The Morgan fingerprint density at radius 1 is 1.13 bits per heavy atom. The van der Waals surface area contributed by atoms with Crippen LogP contribution in [0.3, 0.4) is 0 Å². The molecule has 1 fully saturated rings. The van der Waals surface area contributed by atoms with Gasteiger partial charge in [0.05, 0.1) is 19.2 Å². The van der Waals surface area contributed by atoms with Crippen molar-refractivity contribution in [3.8, 4) is 0 Å². The maximum atomic E-state index is 11.9. The van der Waals surface area contributed by atoms with E-state index in [4.69, 9.17) is 4.74 Å². The van der Waals surface area contributed by atoms with Crippen LogP contribution < -0.4 is 5.32 Å². The molecule has 30 heavy (non-hydrogen) atoms. The van der Waals surface area contributed by atoms with E-state index in [0.717, 1.165) is 0 Å². The molecule has 1 N–H and O–H groups in total. The zero-order valence-electron chi connectivity index (χ0n) is 20.5. The Bertz CT molecular complexity index is 501. The van der Waals surface area contributed by atoms with Crippen molar-refractivity contribution < 1.29 is 19.1 Å². The molecular formula is C23H45N3O4. The van der Waals surface area contributed by atoms with E-state index >= 15 is 0 Å². The first-order valence-electron chi connectivity index (χ1n) is 11.1. The minimum absolute atomic E-state index is 0.0600. The van der Waals surface area contributed by atoms with Crippen LogP contribution in [0.2, 0.25) is 0 Å². The molecule has 0 bridgehead atoms. The number of hydrogen-bond donors (Lipinski definition) is 1. The molecule has 1 atom stereocenters. The number of nitrogens with one attached hydrogen (secondary N) is 1. The van der Waals surface area contributed by atoms with Crippen LogP contribution in [0, 0.1) is 5.92 Å². The number of piperidine rings is 1. The highest BCUT2D eigenvalue weighted by atomic mass is 16.5. The van der Waals surface area contributed by atoms with Crippen LogP contribution in [0.1, 0.15) is 67.2 Å². The fourth-order valence-electron chi connectivity index (χ4n) is 2.79. The van der Waals surface area contributed by atoms with Crippen LogP contribution in [0.5, 0.6) is 0 Å². The number of esters is 1. The van der Waals surface area contributed by atoms with Gasteiger partial charge in [0.15, 0.2) is 0 Å². The number of ether oxygens (including phenoxy) is 1. The summed E-state index contributed by atoms with van der Waals surface area (Å²) in [4.78, 5) is 37.6. The molecule has 0 radical (unpaired) electrons. The summed E-state index contributed by atoms with van der Waals surface area (Å²) in [7, 11) is 3.84. The third-order valence-corrected chi connectivity index (χ3v) is 4.46. The summed E-state index contributed by atoms with van der Waals surface area (Å²) in [6.45, 7) is 14.5. The smallest absolute Gasteiger partial charge is 0.333 e. The highest BCUT2D eigenvalue weighted by Crippen LogP contribution is 2.14. The Balaban J connectivity index is 0. The van der Waals surface area contributed by atoms with E-state index in [1.54, 1.807) is 27.0 Å². The molecule has 0 aromatic rings. The van der Waals surface area contributed by atoms with Gasteiger partial charge in [-0.1, -0.05) is 46.6 Å². The van der Waals surface area contributed by atoms with Crippen molar-refractivity contribution in [2.24, 2.45) is 5.92 Å². The highest BCUT2D eigenvalue weighted by Gasteiger charge is 2.22. The Morgan fingerprint density at radius 3 is 2.03 bits per heavy atom. The highest BCUT2D eigenvalue weighted by molar-refractivity contribution is 5.88. The van der Waals surface area contributed by atoms with Gasteiger partial charge in [-0.2, -0.15) is 0 Å². The van der Waals surface area contributed by atoms with E-state index in [1.165, 1.54) is 43.7 Å². The topological polar surface area (TPSA) is 79.0 Å². The quantitative estimate of drug-likeness (QED) is 0.365. The molecular weight excluding hydrogens is 382 g/mol. The summed E-state index contributed by atoms with van der Waals surface area (Å²) in [5, 5.41) is 2.34. The van der Waals surface area contributed by atoms with Gasteiger partial charge in [0, 0.05) is 12.6 Å². The summed E-state index contributed by atoms with van der Waals surface area (Å²) < 4.78 is 4.92. The summed E-state index contributed by atoms with van der Waals surface area (Å²) >= 11 is 0. The summed E-state index contributed by atoms with van der Waals surface area (Å²) in [5.74, 6) is -0.474. The average Bonchev–Trinajstić information content (AvgIpc) is 2.71. The van der Waals surface area contributed by atoms with Gasteiger partial charge >= 0.3 is 5.97 Å². The molecule has 0 aromatic heterocycles. The lowest BCUT2D eigenvalue weighted by Gasteiger charge is -2.29. The minimum Gasteiger partial charge on any atom is -0.463 e. The molecule has 176 valence electrons. The molecule has 0 spiro atoms. The second-order valence-corrected chi connectivity index (χ2v) is 7.88. The monoisotopic (exact) mass is 427 g/mol. The number of amides is 2. The number of carbonyl (C=O) groups is 3. The van der Waals surface area contributed by atoms with Crippen molar-refractivity contribution in [2.75, 3.05) is 40.3 Å². The normalized spacial score (nSPS) is 15.0. The van der Waals surface area contributed by atoms with Crippen molar-refractivity contribution in [1.29, 1.82) is 0 Å². The van der Waals surface area contributed by atoms with Crippen LogP contribution in [0.15, 0.2) is 11.6 Å². The molecule has 7 heteroatoms. The molecule has 0 saturated carbocycles. The van der Waals surface area contributed by atoms with E-state index < -0.39 is 0 Å².